The van der Waals surface area contributed by atoms with E-state index in [1.165, 1.54) is 25.7 Å². The predicted octanol–water partition coefficient (Wildman–Crippen LogP) is 3.95. The van der Waals surface area contributed by atoms with Crippen molar-refractivity contribution in [1.29, 1.82) is 0 Å². The Labute approximate surface area is 104 Å². The second-order valence-corrected chi connectivity index (χ2v) is 5.57. The van der Waals surface area contributed by atoms with Gasteiger partial charge in [-0.25, -0.2) is 13.2 Å². The third-order valence-electron chi connectivity index (χ3n) is 4.44. The Morgan fingerprint density at radius 1 is 1.06 bits per heavy atom. The standard InChI is InChI=1S/C14H16F3N/c15-12-5-11(6-13(16)14(12)17)18-7-10-4-8-1-2-9(10)3-8/h5-6,8-10,18H,1-4,7H2. The molecule has 4 heteroatoms. The van der Waals surface area contributed by atoms with Crippen LogP contribution in [-0.4, -0.2) is 6.54 Å². The zero-order valence-electron chi connectivity index (χ0n) is 10.1. The Morgan fingerprint density at radius 2 is 1.78 bits per heavy atom. The van der Waals surface area contributed by atoms with E-state index in [1.807, 2.05) is 0 Å². The van der Waals surface area contributed by atoms with Gasteiger partial charge >= 0.3 is 0 Å². The van der Waals surface area contributed by atoms with Crippen molar-refractivity contribution in [3.05, 3.63) is 29.6 Å². The Bertz CT molecular complexity index is 437. The number of halogens is 3. The lowest BCUT2D eigenvalue weighted by atomic mass is 9.89. The maximum atomic E-state index is 13.0. The smallest absolute Gasteiger partial charge is 0.194 e. The lowest BCUT2D eigenvalue weighted by Gasteiger charge is -2.22. The molecule has 0 radical (unpaired) electrons. The van der Waals surface area contributed by atoms with Gasteiger partial charge in [0.05, 0.1) is 0 Å². The van der Waals surface area contributed by atoms with Crippen LogP contribution in [0.4, 0.5) is 18.9 Å². The summed E-state index contributed by atoms with van der Waals surface area (Å²) in [6.45, 7) is 0.728. The van der Waals surface area contributed by atoms with Crippen LogP contribution in [0.1, 0.15) is 25.7 Å². The van der Waals surface area contributed by atoms with Crippen LogP contribution in [0, 0.1) is 35.2 Å². The number of fused-ring (bicyclic) bond motifs is 2. The van der Waals surface area contributed by atoms with Crippen molar-refractivity contribution in [2.45, 2.75) is 25.7 Å². The van der Waals surface area contributed by atoms with Crippen molar-refractivity contribution in [1.82, 2.24) is 0 Å². The van der Waals surface area contributed by atoms with Gasteiger partial charge in [-0.15, -0.1) is 0 Å². The summed E-state index contributed by atoms with van der Waals surface area (Å²) >= 11 is 0. The van der Waals surface area contributed by atoms with E-state index in [2.05, 4.69) is 5.32 Å². The molecule has 0 amide bonds. The van der Waals surface area contributed by atoms with Gasteiger partial charge in [-0.2, -0.15) is 0 Å². The Balaban J connectivity index is 1.63. The zero-order chi connectivity index (χ0) is 12.7. The average molecular weight is 255 g/mol. The third-order valence-corrected chi connectivity index (χ3v) is 4.44. The molecule has 2 aliphatic rings. The quantitative estimate of drug-likeness (QED) is 0.806. The lowest BCUT2D eigenvalue weighted by Crippen LogP contribution is -2.20. The minimum atomic E-state index is -1.40. The van der Waals surface area contributed by atoms with E-state index in [-0.39, 0.29) is 0 Å². The fourth-order valence-electron chi connectivity index (χ4n) is 3.53. The minimum absolute atomic E-state index is 0.328. The van der Waals surface area contributed by atoms with E-state index in [0.717, 1.165) is 30.5 Å². The van der Waals surface area contributed by atoms with Crippen molar-refractivity contribution in [2.24, 2.45) is 17.8 Å². The number of hydrogen-bond donors (Lipinski definition) is 1. The van der Waals surface area contributed by atoms with Gasteiger partial charge in [0, 0.05) is 24.4 Å². The summed E-state index contributed by atoms with van der Waals surface area (Å²) in [6.07, 6.45) is 5.13. The molecule has 98 valence electrons. The number of nitrogens with one attached hydrogen (secondary N) is 1. The molecule has 2 saturated carbocycles. The van der Waals surface area contributed by atoms with Gasteiger partial charge in [-0.1, -0.05) is 6.42 Å². The van der Waals surface area contributed by atoms with E-state index in [1.54, 1.807) is 0 Å². The second kappa shape index (κ2) is 4.48. The fourth-order valence-corrected chi connectivity index (χ4v) is 3.53. The van der Waals surface area contributed by atoms with Gasteiger partial charge < -0.3 is 5.32 Å². The molecule has 2 fully saturated rings. The Morgan fingerprint density at radius 3 is 2.33 bits per heavy atom. The molecule has 2 aliphatic carbocycles. The van der Waals surface area contributed by atoms with Crippen molar-refractivity contribution in [2.75, 3.05) is 11.9 Å². The molecule has 0 aromatic heterocycles. The highest BCUT2D eigenvalue weighted by Crippen LogP contribution is 2.48. The van der Waals surface area contributed by atoms with Gasteiger partial charge in [0.2, 0.25) is 0 Å². The molecule has 1 aromatic rings. The normalized spacial score (nSPS) is 29.8. The molecule has 0 spiro atoms. The number of anilines is 1. The monoisotopic (exact) mass is 255 g/mol. The molecule has 2 bridgehead atoms. The number of hydrogen-bond acceptors (Lipinski definition) is 1. The van der Waals surface area contributed by atoms with Crippen LogP contribution in [0.3, 0.4) is 0 Å². The highest BCUT2D eigenvalue weighted by Gasteiger charge is 2.39. The van der Waals surface area contributed by atoms with E-state index in [0.29, 0.717) is 11.6 Å². The zero-order valence-corrected chi connectivity index (χ0v) is 10.1. The lowest BCUT2D eigenvalue weighted by molar-refractivity contribution is 0.348. The fraction of sp³-hybridized carbons (Fsp3) is 0.571. The molecular formula is C14H16F3N. The largest absolute Gasteiger partial charge is 0.385 e. The summed E-state index contributed by atoms with van der Waals surface area (Å²) < 4.78 is 38.9. The summed E-state index contributed by atoms with van der Waals surface area (Å²) in [5.41, 5.74) is 0.328. The Hall–Kier alpha value is -1.19. The van der Waals surface area contributed by atoms with Crippen LogP contribution in [0.5, 0.6) is 0 Å². The topological polar surface area (TPSA) is 12.0 Å². The van der Waals surface area contributed by atoms with Gasteiger partial charge in [0.15, 0.2) is 17.5 Å². The number of rotatable bonds is 3. The van der Waals surface area contributed by atoms with Crippen LogP contribution in [-0.2, 0) is 0 Å². The second-order valence-electron chi connectivity index (χ2n) is 5.57. The van der Waals surface area contributed by atoms with Gasteiger partial charge in [0.1, 0.15) is 0 Å². The summed E-state index contributed by atoms with van der Waals surface area (Å²) in [5.74, 6) is -1.46. The number of benzene rings is 1. The highest BCUT2D eigenvalue weighted by atomic mass is 19.2. The minimum Gasteiger partial charge on any atom is -0.385 e. The molecule has 0 heterocycles. The van der Waals surface area contributed by atoms with Crippen LogP contribution in [0.25, 0.3) is 0 Å². The van der Waals surface area contributed by atoms with Crippen LogP contribution in [0.2, 0.25) is 0 Å². The molecule has 0 aliphatic heterocycles. The van der Waals surface area contributed by atoms with E-state index in [9.17, 15) is 13.2 Å². The maximum Gasteiger partial charge on any atom is 0.194 e. The first kappa shape index (κ1) is 11.9. The molecule has 1 aromatic carbocycles. The van der Waals surface area contributed by atoms with Crippen molar-refractivity contribution < 1.29 is 13.2 Å². The van der Waals surface area contributed by atoms with Gasteiger partial charge in [0.25, 0.3) is 0 Å². The first-order chi connectivity index (χ1) is 8.63. The van der Waals surface area contributed by atoms with Gasteiger partial charge in [-0.3, -0.25) is 0 Å². The molecule has 1 nitrogen and oxygen atoms in total. The predicted molar refractivity (Wildman–Crippen MR) is 63.7 cm³/mol. The van der Waals surface area contributed by atoms with Crippen LogP contribution >= 0.6 is 0 Å². The third kappa shape index (κ3) is 2.08. The molecule has 18 heavy (non-hydrogen) atoms. The van der Waals surface area contributed by atoms with Crippen molar-refractivity contribution >= 4 is 5.69 Å². The highest BCUT2D eigenvalue weighted by molar-refractivity contribution is 5.44. The van der Waals surface area contributed by atoms with Crippen molar-refractivity contribution in [3.63, 3.8) is 0 Å². The van der Waals surface area contributed by atoms with E-state index in [4.69, 9.17) is 0 Å². The molecule has 3 rings (SSSR count). The van der Waals surface area contributed by atoms with E-state index < -0.39 is 17.5 Å². The molecule has 0 saturated heterocycles. The molecule has 1 N–H and O–H groups in total. The molecular weight excluding hydrogens is 239 g/mol. The Kier molecular flexibility index (Phi) is 2.96. The first-order valence-electron chi connectivity index (χ1n) is 6.52. The summed E-state index contributed by atoms with van der Waals surface area (Å²) in [7, 11) is 0. The molecule has 3 atom stereocenters. The average Bonchev–Trinajstić information content (AvgIpc) is 2.95. The van der Waals surface area contributed by atoms with Crippen molar-refractivity contribution in [3.8, 4) is 0 Å². The first-order valence-corrected chi connectivity index (χ1v) is 6.52. The maximum absolute atomic E-state index is 13.0. The molecule has 3 unspecified atom stereocenters. The summed E-state index contributed by atoms with van der Waals surface area (Å²) in [4.78, 5) is 0. The summed E-state index contributed by atoms with van der Waals surface area (Å²) in [5, 5.41) is 3.03. The summed E-state index contributed by atoms with van der Waals surface area (Å²) in [6, 6.07) is 2.04. The SMILES string of the molecule is Fc1cc(NCC2CC3CCC2C3)cc(F)c1F. The van der Waals surface area contributed by atoms with Crippen LogP contribution in [0.15, 0.2) is 12.1 Å². The van der Waals surface area contributed by atoms with E-state index >= 15 is 0 Å². The van der Waals surface area contributed by atoms with Gasteiger partial charge in [-0.05, 0) is 37.0 Å². The van der Waals surface area contributed by atoms with Crippen LogP contribution < -0.4 is 5.32 Å².